The van der Waals surface area contributed by atoms with E-state index in [1.165, 1.54) is 6.07 Å². The van der Waals surface area contributed by atoms with E-state index >= 15 is 0 Å². The van der Waals surface area contributed by atoms with Crippen molar-refractivity contribution in [3.05, 3.63) is 54.0 Å². The van der Waals surface area contributed by atoms with Crippen LogP contribution in [0.25, 0.3) is 0 Å². The third-order valence-corrected chi connectivity index (χ3v) is 2.60. The van der Waals surface area contributed by atoms with Gasteiger partial charge in [0.1, 0.15) is 12.4 Å². The molecular weight excluding hydrogens is 268 g/mol. The average molecular weight is 283 g/mol. The van der Waals surface area contributed by atoms with Crippen LogP contribution in [0.1, 0.15) is 5.76 Å². The number of nitrogens with one attached hydrogen (secondary N) is 1. The zero-order chi connectivity index (χ0) is 14.4. The van der Waals surface area contributed by atoms with E-state index in [-0.39, 0.29) is 19.8 Å². The maximum atomic E-state index is 13.0. The Hall–Kier alpha value is -1.92. The second-order valence-corrected chi connectivity index (χ2v) is 4.26. The molecule has 1 aromatic carbocycles. The van der Waals surface area contributed by atoms with Crippen LogP contribution in [0.4, 0.5) is 14.5 Å². The summed E-state index contributed by atoms with van der Waals surface area (Å²) in [7, 11) is 0. The first-order valence-electron chi connectivity index (χ1n) is 6.12. The Balaban J connectivity index is 1.69. The molecule has 0 saturated heterocycles. The molecule has 108 valence electrons. The van der Waals surface area contributed by atoms with Crippen molar-refractivity contribution in [2.24, 2.45) is 0 Å². The fraction of sp³-hybridized carbons (Fsp3) is 0.286. The van der Waals surface area contributed by atoms with Gasteiger partial charge in [0.25, 0.3) is 0 Å². The highest BCUT2D eigenvalue weighted by Gasteiger charge is 2.07. The molecule has 1 aromatic heterocycles. The predicted molar refractivity (Wildman–Crippen MR) is 69.2 cm³/mol. The van der Waals surface area contributed by atoms with Gasteiger partial charge in [-0.3, -0.25) is 0 Å². The van der Waals surface area contributed by atoms with Gasteiger partial charge in [-0.15, -0.1) is 0 Å². The van der Waals surface area contributed by atoms with Crippen molar-refractivity contribution in [1.29, 1.82) is 0 Å². The van der Waals surface area contributed by atoms with Crippen molar-refractivity contribution in [3.63, 3.8) is 0 Å². The molecule has 20 heavy (non-hydrogen) atoms. The van der Waals surface area contributed by atoms with Gasteiger partial charge in [-0.05, 0) is 24.3 Å². The third kappa shape index (κ3) is 4.32. The summed E-state index contributed by atoms with van der Waals surface area (Å²) in [5.74, 6) is -1.16. The van der Waals surface area contributed by atoms with Gasteiger partial charge in [0.05, 0.1) is 19.0 Å². The number of hydrogen-bond donors (Lipinski definition) is 2. The molecule has 0 aliphatic heterocycles. The molecule has 1 unspecified atom stereocenters. The van der Waals surface area contributed by atoms with E-state index in [9.17, 15) is 13.9 Å². The molecule has 0 aliphatic rings. The van der Waals surface area contributed by atoms with Crippen molar-refractivity contribution in [2.75, 3.05) is 18.5 Å². The van der Waals surface area contributed by atoms with Crippen LogP contribution in [0.3, 0.4) is 0 Å². The van der Waals surface area contributed by atoms with Gasteiger partial charge in [-0.2, -0.15) is 0 Å². The van der Waals surface area contributed by atoms with Crippen LogP contribution >= 0.6 is 0 Å². The van der Waals surface area contributed by atoms with Gasteiger partial charge in [0, 0.05) is 18.3 Å². The van der Waals surface area contributed by atoms with Gasteiger partial charge >= 0.3 is 0 Å². The van der Waals surface area contributed by atoms with Crippen LogP contribution in [-0.4, -0.2) is 24.4 Å². The monoisotopic (exact) mass is 283 g/mol. The number of rotatable bonds is 7. The molecule has 0 amide bonds. The Kier molecular flexibility index (Phi) is 5.09. The molecular formula is C14H15F2NO3. The lowest BCUT2D eigenvalue weighted by Crippen LogP contribution is -2.24. The lowest BCUT2D eigenvalue weighted by atomic mass is 10.3. The summed E-state index contributed by atoms with van der Waals surface area (Å²) < 4.78 is 36.0. The molecule has 1 heterocycles. The number of anilines is 1. The van der Waals surface area contributed by atoms with Crippen LogP contribution in [0.15, 0.2) is 41.0 Å². The van der Waals surface area contributed by atoms with E-state index in [2.05, 4.69) is 5.32 Å². The maximum Gasteiger partial charge on any atom is 0.160 e. The SMILES string of the molecule is OC(CNc1ccc(F)c(F)c1)COCc1ccco1. The Labute approximate surface area is 115 Å². The Bertz CT molecular complexity index is 531. The topological polar surface area (TPSA) is 54.6 Å². The quantitative estimate of drug-likeness (QED) is 0.820. The second-order valence-electron chi connectivity index (χ2n) is 4.26. The lowest BCUT2D eigenvalue weighted by molar-refractivity contribution is 0.0282. The van der Waals surface area contributed by atoms with Crippen molar-refractivity contribution < 1.29 is 23.0 Å². The number of furan rings is 1. The van der Waals surface area contributed by atoms with Crippen LogP contribution in [0.5, 0.6) is 0 Å². The standard InChI is InChI=1S/C14H15F2NO3/c15-13-4-3-10(6-14(13)16)17-7-11(18)8-19-9-12-2-1-5-20-12/h1-6,11,17-18H,7-9H2. The molecule has 6 heteroatoms. The number of benzene rings is 1. The first-order chi connectivity index (χ1) is 9.65. The highest BCUT2D eigenvalue weighted by Crippen LogP contribution is 2.13. The van der Waals surface area contributed by atoms with Crippen LogP contribution in [0, 0.1) is 11.6 Å². The minimum Gasteiger partial charge on any atom is -0.467 e. The summed E-state index contributed by atoms with van der Waals surface area (Å²) in [6.45, 7) is 0.551. The summed E-state index contributed by atoms with van der Waals surface area (Å²) >= 11 is 0. The highest BCUT2D eigenvalue weighted by molar-refractivity contribution is 5.43. The fourth-order valence-electron chi connectivity index (χ4n) is 1.59. The zero-order valence-electron chi connectivity index (χ0n) is 10.7. The first kappa shape index (κ1) is 14.5. The van der Waals surface area contributed by atoms with Gasteiger partial charge in [0.15, 0.2) is 11.6 Å². The van der Waals surface area contributed by atoms with Gasteiger partial charge in [-0.25, -0.2) is 8.78 Å². The summed E-state index contributed by atoms with van der Waals surface area (Å²) in [5.41, 5.74) is 0.397. The average Bonchev–Trinajstić information content (AvgIpc) is 2.93. The van der Waals surface area contributed by atoms with Crippen LogP contribution < -0.4 is 5.32 Å². The van der Waals surface area contributed by atoms with Crippen LogP contribution in [-0.2, 0) is 11.3 Å². The summed E-state index contributed by atoms with van der Waals surface area (Å²) in [6, 6.07) is 6.98. The van der Waals surface area contributed by atoms with E-state index in [0.717, 1.165) is 12.1 Å². The van der Waals surface area contributed by atoms with E-state index in [4.69, 9.17) is 9.15 Å². The molecule has 1 atom stereocenters. The van der Waals surface area contributed by atoms with Crippen LogP contribution in [0.2, 0.25) is 0 Å². The highest BCUT2D eigenvalue weighted by atomic mass is 19.2. The molecule has 2 aromatic rings. The largest absolute Gasteiger partial charge is 0.467 e. The summed E-state index contributed by atoms with van der Waals surface area (Å²) in [5, 5.41) is 12.5. The molecule has 2 rings (SSSR count). The van der Waals surface area contributed by atoms with E-state index in [0.29, 0.717) is 11.4 Å². The normalized spacial score (nSPS) is 12.3. The Morgan fingerprint density at radius 3 is 2.80 bits per heavy atom. The molecule has 2 N–H and O–H groups in total. The lowest BCUT2D eigenvalue weighted by Gasteiger charge is -2.13. The summed E-state index contributed by atoms with van der Waals surface area (Å²) in [4.78, 5) is 0. The molecule has 0 aliphatic carbocycles. The van der Waals surface area contributed by atoms with E-state index < -0.39 is 17.7 Å². The number of ether oxygens (including phenoxy) is 1. The zero-order valence-corrected chi connectivity index (χ0v) is 10.7. The predicted octanol–water partition coefficient (Wildman–Crippen LogP) is 2.55. The van der Waals surface area contributed by atoms with E-state index in [1.807, 2.05) is 0 Å². The van der Waals surface area contributed by atoms with Gasteiger partial charge < -0.3 is 19.6 Å². The Morgan fingerprint density at radius 2 is 2.10 bits per heavy atom. The van der Waals surface area contributed by atoms with Crippen molar-refractivity contribution in [3.8, 4) is 0 Å². The summed E-state index contributed by atoms with van der Waals surface area (Å²) in [6.07, 6.45) is 0.776. The molecule has 0 bridgehead atoms. The molecule has 0 spiro atoms. The third-order valence-electron chi connectivity index (χ3n) is 2.60. The molecule has 0 radical (unpaired) electrons. The number of hydrogen-bond acceptors (Lipinski definition) is 4. The smallest absolute Gasteiger partial charge is 0.160 e. The van der Waals surface area contributed by atoms with Crippen molar-refractivity contribution in [1.82, 2.24) is 0 Å². The fourth-order valence-corrected chi connectivity index (χ4v) is 1.59. The van der Waals surface area contributed by atoms with E-state index in [1.54, 1.807) is 18.4 Å². The molecule has 4 nitrogen and oxygen atoms in total. The number of halogens is 2. The Morgan fingerprint density at radius 1 is 1.25 bits per heavy atom. The maximum absolute atomic E-state index is 13.0. The van der Waals surface area contributed by atoms with Gasteiger partial charge in [-0.1, -0.05) is 0 Å². The first-order valence-corrected chi connectivity index (χ1v) is 6.12. The number of aliphatic hydroxyl groups is 1. The minimum atomic E-state index is -0.932. The number of aliphatic hydroxyl groups excluding tert-OH is 1. The molecule has 0 saturated carbocycles. The van der Waals surface area contributed by atoms with Gasteiger partial charge in [0.2, 0.25) is 0 Å². The van der Waals surface area contributed by atoms with Crippen molar-refractivity contribution >= 4 is 5.69 Å². The minimum absolute atomic E-state index is 0.109. The second kappa shape index (κ2) is 7.02. The van der Waals surface area contributed by atoms with Crippen molar-refractivity contribution in [2.45, 2.75) is 12.7 Å². The molecule has 0 fully saturated rings.